The number of benzene rings is 4. The first-order chi connectivity index (χ1) is 25.7. The predicted octanol–water partition coefficient (Wildman–Crippen LogP) is 11.3. The summed E-state index contributed by atoms with van der Waals surface area (Å²) >= 11 is 0. The second-order valence-corrected chi connectivity index (χ2v) is 12.7. The number of hydrogen-bond donors (Lipinski definition) is 2. The van der Waals surface area contributed by atoms with Crippen LogP contribution in [0.3, 0.4) is 0 Å². The highest BCUT2D eigenvalue weighted by atomic mass is 16.5. The van der Waals surface area contributed by atoms with Gasteiger partial charge in [-0.05, 0) is 77.4 Å². The number of nitrogens with one attached hydrogen (secondary N) is 2. The Labute approximate surface area is 301 Å². The molecule has 2 aliphatic heterocycles. The van der Waals surface area contributed by atoms with E-state index in [1.54, 1.807) is 14.2 Å². The molecule has 0 unspecified atom stereocenters. The van der Waals surface area contributed by atoms with Gasteiger partial charge in [0.25, 0.3) is 0 Å². The summed E-state index contributed by atoms with van der Waals surface area (Å²) in [6.07, 6.45) is 8.34. The number of aromatic amines is 2. The van der Waals surface area contributed by atoms with E-state index in [2.05, 4.69) is 131 Å². The Kier molecular flexibility index (Phi) is 7.82. The van der Waals surface area contributed by atoms with Gasteiger partial charge in [0, 0.05) is 56.0 Å². The van der Waals surface area contributed by atoms with Crippen LogP contribution in [0.15, 0.2) is 133 Å². The summed E-state index contributed by atoms with van der Waals surface area (Å²) in [7, 11) is 3.33. The minimum Gasteiger partial charge on any atom is -0.497 e. The highest BCUT2D eigenvalue weighted by molar-refractivity contribution is 6.00. The molecular formula is C46H34N4O2. The van der Waals surface area contributed by atoms with Gasteiger partial charge < -0.3 is 19.4 Å². The van der Waals surface area contributed by atoms with Crippen molar-refractivity contribution in [3.05, 3.63) is 156 Å². The van der Waals surface area contributed by atoms with Gasteiger partial charge in [-0.3, -0.25) is 0 Å². The lowest BCUT2D eigenvalue weighted by Crippen LogP contribution is -1.95. The maximum atomic E-state index is 5.96. The summed E-state index contributed by atoms with van der Waals surface area (Å²) in [5.41, 5.74) is 15.2. The van der Waals surface area contributed by atoms with Gasteiger partial charge in [-0.15, -0.1) is 0 Å². The topological polar surface area (TPSA) is 75.8 Å². The molecule has 52 heavy (non-hydrogen) atoms. The number of methoxy groups -OCH3 is 2. The molecule has 3 aromatic heterocycles. The Morgan fingerprint density at radius 1 is 0.404 bits per heavy atom. The number of nitrogens with zero attached hydrogens (tertiary/aromatic N) is 2. The molecule has 2 N–H and O–H groups in total. The van der Waals surface area contributed by atoms with Crippen molar-refractivity contribution in [3.63, 3.8) is 0 Å². The Morgan fingerprint density at radius 3 is 1.23 bits per heavy atom. The molecule has 0 saturated carbocycles. The van der Waals surface area contributed by atoms with Crippen molar-refractivity contribution >= 4 is 46.4 Å². The number of rotatable bonds is 6. The third-order valence-electron chi connectivity index (χ3n) is 9.62. The van der Waals surface area contributed by atoms with Crippen LogP contribution in [0.5, 0.6) is 11.5 Å². The largest absolute Gasteiger partial charge is 0.497 e. The van der Waals surface area contributed by atoms with Crippen molar-refractivity contribution in [2.24, 2.45) is 0 Å². The number of fused-ring (bicyclic) bond motifs is 8. The average molecular weight is 675 g/mol. The molecule has 0 atom stereocenters. The Bertz CT molecular complexity index is 2550. The van der Waals surface area contributed by atoms with Gasteiger partial charge in [-0.25, -0.2) is 9.97 Å². The number of aromatic nitrogens is 4. The highest BCUT2D eigenvalue weighted by Gasteiger charge is 2.21. The third kappa shape index (κ3) is 5.47. The fraction of sp³-hybridized carbons (Fsp3) is 0.0435. The van der Waals surface area contributed by atoms with Crippen molar-refractivity contribution < 1.29 is 9.47 Å². The van der Waals surface area contributed by atoms with E-state index in [1.807, 2.05) is 36.4 Å². The molecule has 9 rings (SSSR count). The molecule has 4 aromatic carbocycles. The minimum atomic E-state index is 0.671. The zero-order chi connectivity index (χ0) is 35.0. The van der Waals surface area contributed by atoms with Crippen molar-refractivity contribution in [2.45, 2.75) is 0 Å². The summed E-state index contributed by atoms with van der Waals surface area (Å²) in [6, 6.07) is 45.9. The van der Waals surface area contributed by atoms with Gasteiger partial charge >= 0.3 is 0 Å². The summed E-state index contributed by atoms with van der Waals surface area (Å²) in [4.78, 5) is 18.4. The van der Waals surface area contributed by atoms with Crippen molar-refractivity contribution in [1.29, 1.82) is 0 Å². The van der Waals surface area contributed by atoms with E-state index in [4.69, 9.17) is 19.4 Å². The quantitative estimate of drug-likeness (QED) is 0.184. The van der Waals surface area contributed by atoms with Crippen LogP contribution in [0.2, 0.25) is 0 Å². The number of ether oxygens (including phenoxy) is 2. The molecule has 8 bridgehead atoms. The van der Waals surface area contributed by atoms with E-state index < -0.39 is 0 Å². The first-order valence-electron chi connectivity index (χ1n) is 17.2. The summed E-state index contributed by atoms with van der Waals surface area (Å²) in [5, 5.41) is 0. The number of hydrogen-bond acceptors (Lipinski definition) is 4. The van der Waals surface area contributed by atoms with Crippen molar-refractivity contribution in [2.75, 3.05) is 14.2 Å². The third-order valence-corrected chi connectivity index (χ3v) is 9.62. The molecule has 0 spiro atoms. The zero-order valence-corrected chi connectivity index (χ0v) is 28.7. The molecule has 2 aliphatic rings. The molecule has 0 aliphatic carbocycles. The second kappa shape index (κ2) is 13.1. The monoisotopic (exact) mass is 674 g/mol. The van der Waals surface area contributed by atoms with E-state index in [0.29, 0.717) is 11.5 Å². The normalized spacial score (nSPS) is 11.9. The first-order valence-corrected chi connectivity index (χ1v) is 17.2. The lowest BCUT2D eigenvalue weighted by atomic mass is 10.0. The van der Waals surface area contributed by atoms with Crippen LogP contribution in [-0.4, -0.2) is 34.2 Å². The fourth-order valence-corrected chi connectivity index (χ4v) is 7.22. The van der Waals surface area contributed by atoms with Crippen molar-refractivity contribution in [1.82, 2.24) is 19.9 Å². The highest BCUT2D eigenvalue weighted by Crippen LogP contribution is 2.41. The predicted molar refractivity (Wildman–Crippen MR) is 214 cm³/mol. The van der Waals surface area contributed by atoms with Gasteiger partial charge in [0.05, 0.1) is 37.0 Å². The molecule has 6 nitrogen and oxygen atoms in total. The Hall–Kier alpha value is -6.92. The molecule has 0 radical (unpaired) electrons. The maximum Gasteiger partial charge on any atom is 0.130 e. The second-order valence-electron chi connectivity index (χ2n) is 12.7. The number of H-pyrrole nitrogens is 2. The van der Waals surface area contributed by atoms with Gasteiger partial charge in [0.2, 0.25) is 0 Å². The van der Waals surface area contributed by atoms with Crippen LogP contribution < -0.4 is 9.47 Å². The molecule has 250 valence electrons. The molecule has 5 heterocycles. The smallest absolute Gasteiger partial charge is 0.130 e. The zero-order valence-electron chi connectivity index (χ0n) is 28.7. The average Bonchev–Trinajstić information content (AvgIpc) is 4.04. The van der Waals surface area contributed by atoms with Crippen LogP contribution in [-0.2, 0) is 0 Å². The molecular weight excluding hydrogens is 641 g/mol. The Balaban J connectivity index is 1.48. The van der Waals surface area contributed by atoms with Crippen LogP contribution in [0.1, 0.15) is 22.8 Å². The maximum absolute atomic E-state index is 5.96. The summed E-state index contributed by atoms with van der Waals surface area (Å²) < 4.78 is 11.5. The molecule has 0 saturated heterocycles. The van der Waals surface area contributed by atoms with Crippen molar-refractivity contribution in [3.8, 4) is 56.0 Å². The molecule has 6 heteroatoms. The van der Waals surface area contributed by atoms with Gasteiger partial charge in [-0.2, -0.15) is 0 Å². The Morgan fingerprint density at radius 2 is 0.808 bits per heavy atom. The minimum absolute atomic E-state index is 0.671. The van der Waals surface area contributed by atoms with E-state index in [1.165, 1.54) is 0 Å². The van der Waals surface area contributed by atoms with E-state index in [-0.39, 0.29) is 0 Å². The molecule has 7 aromatic rings. The van der Waals surface area contributed by atoms with Gasteiger partial charge in [-0.1, -0.05) is 91.0 Å². The first kappa shape index (κ1) is 31.1. The summed E-state index contributed by atoms with van der Waals surface area (Å²) in [6.45, 7) is 0. The standard InChI is InChI=1S/C46H34N4O2/c1-51-32-18-19-33(42(28-32)52-2)46-40-26-24-38(49-40)44(30-14-8-4-9-15-30)36-22-20-34(47-36)43(29-12-6-3-7-13-29)35-21-23-37(48-35)45(31-16-10-5-11-17-31)39-25-27-41(46)50-39/h3-28,47-48H,1-2H3. The lowest BCUT2D eigenvalue weighted by Gasteiger charge is -2.12. The van der Waals surface area contributed by atoms with E-state index in [0.717, 1.165) is 89.4 Å². The van der Waals surface area contributed by atoms with Crippen LogP contribution in [0.4, 0.5) is 0 Å². The fourth-order valence-electron chi connectivity index (χ4n) is 7.22. The van der Waals surface area contributed by atoms with Gasteiger partial charge in [0.1, 0.15) is 11.5 Å². The van der Waals surface area contributed by atoms with Crippen LogP contribution in [0.25, 0.3) is 90.9 Å². The van der Waals surface area contributed by atoms with Gasteiger partial charge in [0.15, 0.2) is 0 Å². The molecule has 0 fully saturated rings. The molecule has 0 amide bonds. The van der Waals surface area contributed by atoms with Crippen LogP contribution in [0, 0.1) is 0 Å². The van der Waals surface area contributed by atoms with E-state index >= 15 is 0 Å². The SMILES string of the molecule is COc1ccc(-c2c3nc(c(-c4ccccc4)c4ccc([nH]4)c(-c4ccccc4)c4ccc([nH]4)c(-c4ccccc4)c4nc2C=C4)C=C3)c(OC)c1. The summed E-state index contributed by atoms with van der Waals surface area (Å²) in [5.74, 6) is 1.38. The van der Waals surface area contributed by atoms with E-state index in [9.17, 15) is 0 Å². The van der Waals surface area contributed by atoms with Crippen LogP contribution >= 0.6 is 0 Å². The lowest BCUT2D eigenvalue weighted by molar-refractivity contribution is 0.395.